The van der Waals surface area contributed by atoms with Crippen LogP contribution in [0.4, 0.5) is 0 Å². The number of piperidine rings is 1. The van der Waals surface area contributed by atoms with Crippen molar-refractivity contribution < 1.29 is 34.7 Å². The summed E-state index contributed by atoms with van der Waals surface area (Å²) in [4.78, 5) is 11.2. The molecule has 0 aromatic rings. The van der Waals surface area contributed by atoms with Gasteiger partial charge in [0.05, 0.1) is 12.7 Å². The van der Waals surface area contributed by atoms with Crippen molar-refractivity contribution in [2.24, 2.45) is 0 Å². The second kappa shape index (κ2) is 5.47. The van der Waals surface area contributed by atoms with Crippen LogP contribution in [-0.4, -0.2) is 76.3 Å². The highest BCUT2D eigenvalue weighted by Gasteiger charge is 2.41. The molecular weight excluding hydrogens is 246 g/mol. The lowest BCUT2D eigenvalue weighted by Crippen LogP contribution is -2.57. The number of amides is 1. The zero-order valence-electron chi connectivity index (χ0n) is 9.60. The van der Waals surface area contributed by atoms with Crippen LogP contribution in [0, 0.1) is 0 Å². The molecule has 18 heavy (non-hydrogen) atoms. The summed E-state index contributed by atoms with van der Waals surface area (Å²) < 4.78 is 10.3. The van der Waals surface area contributed by atoms with Gasteiger partial charge in [0.25, 0.3) is 5.91 Å². The van der Waals surface area contributed by atoms with E-state index in [0.717, 1.165) is 0 Å². The first-order chi connectivity index (χ1) is 8.50. The largest absolute Gasteiger partial charge is 0.388 e. The van der Waals surface area contributed by atoms with Gasteiger partial charge in [0.1, 0.15) is 18.3 Å². The Morgan fingerprint density at radius 2 is 1.94 bits per heavy atom. The van der Waals surface area contributed by atoms with Gasteiger partial charge >= 0.3 is 0 Å². The van der Waals surface area contributed by atoms with E-state index in [9.17, 15) is 25.2 Å². The van der Waals surface area contributed by atoms with Gasteiger partial charge in [0.15, 0.2) is 12.4 Å². The van der Waals surface area contributed by atoms with Crippen molar-refractivity contribution in [2.45, 2.75) is 43.2 Å². The Balaban J connectivity index is 1.94. The first-order valence-electron chi connectivity index (χ1n) is 5.77. The minimum atomic E-state index is -1.43. The third kappa shape index (κ3) is 2.63. The monoisotopic (exact) mass is 263 g/mol. The number of nitrogens with one attached hydrogen (secondary N) is 1. The highest BCUT2D eigenvalue weighted by molar-refractivity contribution is 5.81. The maximum atomic E-state index is 11.2. The molecule has 0 aromatic heterocycles. The van der Waals surface area contributed by atoms with E-state index < -0.39 is 42.7 Å². The van der Waals surface area contributed by atoms with Crippen LogP contribution in [0.15, 0.2) is 0 Å². The number of aliphatic hydroxyl groups excluding tert-OH is 4. The van der Waals surface area contributed by atoms with E-state index in [4.69, 9.17) is 9.47 Å². The van der Waals surface area contributed by atoms with Crippen LogP contribution in [0.25, 0.3) is 0 Å². The van der Waals surface area contributed by atoms with Gasteiger partial charge in [0.2, 0.25) is 0 Å². The van der Waals surface area contributed by atoms with Crippen LogP contribution in [0.2, 0.25) is 0 Å². The topological polar surface area (TPSA) is 128 Å². The Bertz CT molecular complexity index is 313. The molecule has 0 aromatic carbocycles. The zero-order chi connectivity index (χ0) is 13.3. The smallest absolute Gasteiger partial charge is 0.251 e. The predicted octanol–water partition coefficient (Wildman–Crippen LogP) is -3.31. The summed E-state index contributed by atoms with van der Waals surface area (Å²) >= 11 is 0. The third-order valence-electron chi connectivity index (χ3n) is 3.11. The number of carbonyl (C=O) groups is 1. The normalized spacial score (nSPS) is 45.7. The Morgan fingerprint density at radius 1 is 1.22 bits per heavy atom. The van der Waals surface area contributed by atoms with E-state index in [2.05, 4.69) is 5.32 Å². The lowest BCUT2D eigenvalue weighted by atomic mass is 10.0. The van der Waals surface area contributed by atoms with Crippen molar-refractivity contribution in [3.63, 3.8) is 0 Å². The molecule has 2 aliphatic heterocycles. The van der Waals surface area contributed by atoms with E-state index in [1.54, 1.807) is 0 Å². The molecule has 0 bridgehead atoms. The highest BCUT2D eigenvalue weighted by Crippen LogP contribution is 2.21. The fourth-order valence-corrected chi connectivity index (χ4v) is 1.98. The molecule has 2 rings (SSSR count). The molecule has 8 nitrogen and oxygen atoms in total. The zero-order valence-corrected chi connectivity index (χ0v) is 9.60. The summed E-state index contributed by atoms with van der Waals surface area (Å²) in [5.41, 5.74) is 0. The van der Waals surface area contributed by atoms with Crippen LogP contribution in [0.1, 0.15) is 6.42 Å². The Hall–Kier alpha value is -0.770. The first-order valence-corrected chi connectivity index (χ1v) is 5.77. The number of ether oxygens (including phenoxy) is 2. The minimum Gasteiger partial charge on any atom is -0.388 e. The van der Waals surface area contributed by atoms with E-state index in [-0.39, 0.29) is 6.61 Å². The average Bonchev–Trinajstić information content (AvgIpc) is 2.35. The van der Waals surface area contributed by atoms with E-state index in [1.165, 1.54) is 0 Å². The van der Waals surface area contributed by atoms with Crippen LogP contribution >= 0.6 is 0 Å². The third-order valence-corrected chi connectivity index (χ3v) is 3.11. The van der Waals surface area contributed by atoms with E-state index in [1.807, 2.05) is 0 Å². The fourth-order valence-electron chi connectivity index (χ4n) is 1.98. The van der Waals surface area contributed by atoms with Gasteiger partial charge in [-0.2, -0.15) is 0 Å². The number of carbonyl (C=O) groups excluding carboxylic acids is 1. The van der Waals surface area contributed by atoms with Gasteiger partial charge in [-0.15, -0.1) is 0 Å². The summed E-state index contributed by atoms with van der Waals surface area (Å²) in [5.74, 6) is -0.544. The molecule has 8 heteroatoms. The molecule has 6 atom stereocenters. The maximum absolute atomic E-state index is 11.2. The van der Waals surface area contributed by atoms with Crippen molar-refractivity contribution in [1.82, 2.24) is 5.32 Å². The predicted molar refractivity (Wildman–Crippen MR) is 56.3 cm³/mol. The molecule has 2 heterocycles. The summed E-state index contributed by atoms with van der Waals surface area (Å²) in [6.45, 7) is 0.173. The maximum Gasteiger partial charge on any atom is 0.251 e. The molecule has 0 radical (unpaired) electrons. The molecule has 2 saturated heterocycles. The van der Waals surface area contributed by atoms with Gasteiger partial charge in [0, 0.05) is 6.54 Å². The number of aliphatic hydroxyl groups is 4. The lowest BCUT2D eigenvalue weighted by Gasteiger charge is -2.38. The van der Waals surface area contributed by atoms with Crippen molar-refractivity contribution in [3.05, 3.63) is 0 Å². The first kappa shape index (κ1) is 13.7. The second-order valence-corrected chi connectivity index (χ2v) is 4.45. The second-order valence-electron chi connectivity index (χ2n) is 4.45. The van der Waals surface area contributed by atoms with Gasteiger partial charge in [-0.1, -0.05) is 0 Å². The minimum absolute atomic E-state index is 0.183. The number of hydrogen-bond acceptors (Lipinski definition) is 7. The van der Waals surface area contributed by atoms with Crippen molar-refractivity contribution in [2.75, 3.05) is 13.2 Å². The highest BCUT2D eigenvalue weighted by atomic mass is 16.7. The summed E-state index contributed by atoms with van der Waals surface area (Å²) in [7, 11) is 0. The van der Waals surface area contributed by atoms with Gasteiger partial charge < -0.3 is 35.2 Å². The standard InChI is InChI=1S/C10H17NO7/c12-4-3-17-10(8(15)6(4)13)18-5-1-2-11-9(16)7(5)14/h4-8,10,12-15H,1-3H2,(H,11,16). The van der Waals surface area contributed by atoms with Gasteiger partial charge in [-0.05, 0) is 6.42 Å². The van der Waals surface area contributed by atoms with Crippen LogP contribution < -0.4 is 5.32 Å². The molecule has 0 saturated carbocycles. The Labute approximate surface area is 103 Å². The molecule has 0 spiro atoms. The molecule has 1 amide bonds. The van der Waals surface area contributed by atoms with Crippen molar-refractivity contribution in [3.8, 4) is 0 Å². The van der Waals surface area contributed by atoms with E-state index in [0.29, 0.717) is 13.0 Å². The van der Waals surface area contributed by atoms with Crippen LogP contribution in [-0.2, 0) is 14.3 Å². The quantitative estimate of drug-likeness (QED) is 0.353. The molecular formula is C10H17NO7. The van der Waals surface area contributed by atoms with Crippen molar-refractivity contribution in [1.29, 1.82) is 0 Å². The van der Waals surface area contributed by atoms with E-state index >= 15 is 0 Å². The molecule has 0 aliphatic carbocycles. The number of hydrogen-bond donors (Lipinski definition) is 5. The summed E-state index contributed by atoms with van der Waals surface area (Å²) in [6, 6.07) is 0. The summed E-state index contributed by atoms with van der Waals surface area (Å²) in [5, 5.41) is 40.4. The van der Waals surface area contributed by atoms with Gasteiger partial charge in [-0.3, -0.25) is 4.79 Å². The average molecular weight is 263 g/mol. The van der Waals surface area contributed by atoms with Crippen molar-refractivity contribution >= 4 is 5.91 Å². The molecule has 6 unspecified atom stereocenters. The SMILES string of the molecule is O=C1NCCC(OC2OCC(O)C(O)C2O)C1O. The lowest BCUT2D eigenvalue weighted by molar-refractivity contribution is -0.290. The van der Waals surface area contributed by atoms with Crippen LogP contribution in [0.3, 0.4) is 0 Å². The molecule has 5 N–H and O–H groups in total. The molecule has 2 fully saturated rings. The molecule has 104 valence electrons. The van der Waals surface area contributed by atoms with Crippen LogP contribution in [0.5, 0.6) is 0 Å². The Morgan fingerprint density at radius 3 is 2.67 bits per heavy atom. The fraction of sp³-hybridized carbons (Fsp3) is 0.900. The van der Waals surface area contributed by atoms with Gasteiger partial charge in [-0.25, -0.2) is 0 Å². The Kier molecular flexibility index (Phi) is 4.15. The molecule has 2 aliphatic rings. The summed E-state index contributed by atoms with van der Waals surface area (Å²) in [6.07, 6.45) is -6.92. The number of rotatable bonds is 2.